The van der Waals surface area contributed by atoms with Crippen LogP contribution < -0.4 is 9.47 Å². The predicted octanol–water partition coefficient (Wildman–Crippen LogP) is 0.291. The summed E-state index contributed by atoms with van der Waals surface area (Å²) in [6.45, 7) is 2.56. The highest BCUT2D eigenvalue weighted by Gasteiger charge is 2.24. The number of hydrogen-bond acceptors (Lipinski definition) is 5. The first-order chi connectivity index (χ1) is 9.78. The maximum atomic E-state index is 12.4. The molecule has 0 bridgehead atoms. The lowest BCUT2D eigenvalue weighted by Crippen LogP contribution is -2.40. The van der Waals surface area contributed by atoms with E-state index in [9.17, 15) is 4.79 Å². The lowest BCUT2D eigenvalue weighted by Gasteiger charge is -2.28. The molecule has 1 atom stereocenters. The first-order valence-electron chi connectivity index (χ1n) is 6.69. The predicted molar refractivity (Wildman–Crippen MR) is 70.2 cm³/mol. The minimum atomic E-state index is -0.378. The molecule has 1 amide bonds. The highest BCUT2D eigenvalue weighted by atomic mass is 16.6. The fourth-order valence-electron chi connectivity index (χ4n) is 2.29. The van der Waals surface area contributed by atoms with Gasteiger partial charge in [-0.05, 0) is 18.2 Å². The maximum Gasteiger partial charge on any atom is 0.254 e. The van der Waals surface area contributed by atoms with Gasteiger partial charge in [-0.2, -0.15) is 0 Å². The normalized spacial score (nSPS) is 21.6. The fraction of sp³-hybridized carbons (Fsp3) is 0.500. The highest BCUT2D eigenvalue weighted by Crippen LogP contribution is 2.32. The van der Waals surface area contributed by atoms with Gasteiger partial charge >= 0.3 is 0 Å². The fourth-order valence-corrected chi connectivity index (χ4v) is 2.29. The number of aliphatic hydroxyl groups is 1. The Labute approximate surface area is 116 Å². The second-order valence-electron chi connectivity index (χ2n) is 4.80. The van der Waals surface area contributed by atoms with Crippen LogP contribution in [-0.2, 0) is 4.74 Å². The molecule has 1 N–H and O–H groups in total. The SMILES string of the molecule is O=C(c1ccc2c(c1)O[C@@H](CO)CO2)N1CCOCC1. The summed E-state index contributed by atoms with van der Waals surface area (Å²) in [6, 6.07) is 5.14. The summed E-state index contributed by atoms with van der Waals surface area (Å²) in [5.74, 6) is 1.08. The van der Waals surface area contributed by atoms with Crippen LogP contribution in [0.5, 0.6) is 11.5 Å². The molecule has 6 heteroatoms. The molecule has 20 heavy (non-hydrogen) atoms. The van der Waals surface area contributed by atoms with Crippen molar-refractivity contribution in [2.45, 2.75) is 6.10 Å². The number of carbonyl (C=O) groups excluding carboxylic acids is 1. The van der Waals surface area contributed by atoms with Gasteiger partial charge in [-0.25, -0.2) is 0 Å². The summed E-state index contributed by atoms with van der Waals surface area (Å²) in [5.41, 5.74) is 0.563. The van der Waals surface area contributed by atoms with Gasteiger partial charge in [0.15, 0.2) is 17.6 Å². The average molecular weight is 279 g/mol. The molecular formula is C14H17NO5. The van der Waals surface area contributed by atoms with E-state index >= 15 is 0 Å². The van der Waals surface area contributed by atoms with E-state index < -0.39 is 0 Å². The lowest BCUT2D eigenvalue weighted by molar-refractivity contribution is 0.0299. The molecule has 6 nitrogen and oxygen atoms in total. The van der Waals surface area contributed by atoms with Crippen LogP contribution in [0.15, 0.2) is 18.2 Å². The van der Waals surface area contributed by atoms with Gasteiger partial charge in [0.05, 0.1) is 19.8 Å². The zero-order valence-electron chi connectivity index (χ0n) is 11.1. The molecule has 1 saturated heterocycles. The van der Waals surface area contributed by atoms with E-state index in [-0.39, 0.29) is 18.6 Å². The van der Waals surface area contributed by atoms with Crippen molar-refractivity contribution in [1.82, 2.24) is 4.90 Å². The number of ether oxygens (including phenoxy) is 3. The molecule has 2 aliphatic heterocycles. The van der Waals surface area contributed by atoms with Gasteiger partial charge in [0.25, 0.3) is 5.91 Å². The van der Waals surface area contributed by atoms with Gasteiger partial charge < -0.3 is 24.2 Å². The van der Waals surface area contributed by atoms with E-state index in [4.69, 9.17) is 19.3 Å². The number of hydrogen-bond donors (Lipinski definition) is 1. The Morgan fingerprint density at radius 3 is 2.85 bits per heavy atom. The molecule has 1 aromatic carbocycles. The van der Waals surface area contributed by atoms with Gasteiger partial charge in [0.1, 0.15) is 6.61 Å². The van der Waals surface area contributed by atoms with Crippen LogP contribution in [0.2, 0.25) is 0 Å². The van der Waals surface area contributed by atoms with Crippen LogP contribution in [-0.4, -0.2) is 61.5 Å². The second kappa shape index (κ2) is 5.68. The van der Waals surface area contributed by atoms with Gasteiger partial charge in [-0.3, -0.25) is 4.79 Å². The molecular weight excluding hydrogens is 262 g/mol. The molecule has 0 saturated carbocycles. The monoisotopic (exact) mass is 279 g/mol. The quantitative estimate of drug-likeness (QED) is 0.843. The standard InChI is InChI=1S/C14H17NO5/c16-8-11-9-19-12-2-1-10(7-13(12)20-11)14(17)15-3-5-18-6-4-15/h1-2,7,11,16H,3-6,8-9H2/t11-/m0/s1. The third kappa shape index (κ3) is 2.57. The molecule has 0 radical (unpaired) electrons. The van der Waals surface area contributed by atoms with Crippen LogP contribution >= 0.6 is 0 Å². The van der Waals surface area contributed by atoms with E-state index in [2.05, 4.69) is 0 Å². The van der Waals surface area contributed by atoms with Crippen molar-refractivity contribution in [3.63, 3.8) is 0 Å². The molecule has 2 heterocycles. The number of morpholine rings is 1. The number of benzene rings is 1. The van der Waals surface area contributed by atoms with Crippen molar-refractivity contribution >= 4 is 5.91 Å². The summed E-state index contributed by atoms with van der Waals surface area (Å²) in [4.78, 5) is 14.1. The molecule has 0 aliphatic carbocycles. The van der Waals surface area contributed by atoms with Crippen LogP contribution in [0.3, 0.4) is 0 Å². The zero-order chi connectivity index (χ0) is 13.9. The van der Waals surface area contributed by atoms with Gasteiger partial charge in [0.2, 0.25) is 0 Å². The van der Waals surface area contributed by atoms with Crippen LogP contribution in [0.1, 0.15) is 10.4 Å². The van der Waals surface area contributed by atoms with Crippen LogP contribution in [0.4, 0.5) is 0 Å². The Balaban J connectivity index is 1.79. The number of carbonyl (C=O) groups is 1. The number of rotatable bonds is 2. The molecule has 2 aliphatic rings. The summed E-state index contributed by atoms with van der Waals surface area (Å²) in [7, 11) is 0. The molecule has 1 aromatic rings. The summed E-state index contributed by atoms with van der Waals surface area (Å²) >= 11 is 0. The van der Waals surface area contributed by atoms with Gasteiger partial charge in [-0.1, -0.05) is 0 Å². The minimum Gasteiger partial charge on any atom is -0.486 e. The second-order valence-corrected chi connectivity index (χ2v) is 4.80. The Hall–Kier alpha value is -1.79. The van der Waals surface area contributed by atoms with E-state index in [1.807, 2.05) is 0 Å². The van der Waals surface area contributed by atoms with Crippen LogP contribution in [0.25, 0.3) is 0 Å². The van der Waals surface area contributed by atoms with Gasteiger partial charge in [-0.15, -0.1) is 0 Å². The van der Waals surface area contributed by atoms with Crippen molar-refractivity contribution in [3.8, 4) is 11.5 Å². The van der Waals surface area contributed by atoms with Gasteiger partial charge in [0, 0.05) is 18.7 Å². The Morgan fingerprint density at radius 1 is 1.30 bits per heavy atom. The van der Waals surface area contributed by atoms with Crippen LogP contribution in [0, 0.1) is 0 Å². The summed E-state index contributed by atoms with van der Waals surface area (Å²) in [6.07, 6.45) is -0.378. The smallest absolute Gasteiger partial charge is 0.254 e. The average Bonchev–Trinajstić information content (AvgIpc) is 2.54. The van der Waals surface area contributed by atoms with E-state index in [0.29, 0.717) is 50.0 Å². The van der Waals surface area contributed by atoms with Crippen molar-refractivity contribution in [3.05, 3.63) is 23.8 Å². The highest BCUT2D eigenvalue weighted by molar-refractivity contribution is 5.95. The Kier molecular flexibility index (Phi) is 3.75. The lowest BCUT2D eigenvalue weighted by atomic mass is 10.1. The number of amides is 1. The number of aliphatic hydroxyl groups excluding tert-OH is 1. The largest absolute Gasteiger partial charge is 0.486 e. The van der Waals surface area contributed by atoms with E-state index in [0.717, 1.165) is 0 Å². The summed E-state index contributed by atoms with van der Waals surface area (Å²) < 4.78 is 16.3. The maximum absolute atomic E-state index is 12.4. The minimum absolute atomic E-state index is 0.0363. The number of nitrogens with zero attached hydrogens (tertiary/aromatic N) is 1. The zero-order valence-corrected chi connectivity index (χ0v) is 11.1. The molecule has 0 spiro atoms. The molecule has 0 unspecified atom stereocenters. The van der Waals surface area contributed by atoms with E-state index in [1.165, 1.54) is 0 Å². The Bertz CT molecular complexity index is 498. The molecule has 108 valence electrons. The molecule has 0 aromatic heterocycles. The number of fused-ring (bicyclic) bond motifs is 1. The van der Waals surface area contributed by atoms with Crippen molar-refractivity contribution < 1.29 is 24.1 Å². The third-order valence-corrected chi connectivity index (χ3v) is 3.41. The molecule has 1 fully saturated rings. The first kappa shape index (κ1) is 13.2. The molecule has 3 rings (SSSR count). The summed E-state index contributed by atoms with van der Waals surface area (Å²) in [5, 5.41) is 9.10. The topological polar surface area (TPSA) is 68.2 Å². The van der Waals surface area contributed by atoms with E-state index in [1.54, 1.807) is 23.1 Å². The van der Waals surface area contributed by atoms with Crippen molar-refractivity contribution in [2.24, 2.45) is 0 Å². The first-order valence-corrected chi connectivity index (χ1v) is 6.69. The Morgan fingerprint density at radius 2 is 2.10 bits per heavy atom. The van der Waals surface area contributed by atoms with Crippen molar-refractivity contribution in [2.75, 3.05) is 39.5 Å². The third-order valence-electron chi connectivity index (χ3n) is 3.41. The van der Waals surface area contributed by atoms with Crippen molar-refractivity contribution in [1.29, 1.82) is 0 Å².